The molecule has 2 rings (SSSR count). The molecule has 0 fully saturated rings. The third-order valence-corrected chi connectivity index (χ3v) is 2.89. The molecule has 0 amide bonds. The maximum absolute atomic E-state index is 3.56. The van der Waals surface area contributed by atoms with E-state index in [0.717, 1.165) is 0 Å². The molecule has 0 radical (unpaired) electrons. The normalized spacial score (nSPS) is 17.4. The Morgan fingerprint density at radius 2 is 1.86 bits per heavy atom. The Bertz CT molecular complexity index is 400. The van der Waals surface area contributed by atoms with Crippen LogP contribution in [0.1, 0.15) is 30.5 Å². The van der Waals surface area contributed by atoms with Crippen molar-refractivity contribution in [3.05, 3.63) is 34.9 Å². The van der Waals surface area contributed by atoms with Crippen LogP contribution >= 0.6 is 0 Å². The fraction of sp³-hybridized carbons (Fsp3) is 0.385. The van der Waals surface area contributed by atoms with Gasteiger partial charge in [0.2, 0.25) is 0 Å². The van der Waals surface area contributed by atoms with Gasteiger partial charge in [0.1, 0.15) is 0 Å². The van der Waals surface area contributed by atoms with Crippen LogP contribution in [-0.2, 0) is 0 Å². The van der Waals surface area contributed by atoms with Gasteiger partial charge < -0.3 is 5.32 Å². The van der Waals surface area contributed by atoms with Crippen LogP contribution in [0.15, 0.2) is 18.2 Å². The highest BCUT2D eigenvalue weighted by Gasteiger charge is 2.20. The summed E-state index contributed by atoms with van der Waals surface area (Å²) in [6, 6.07) is 4.36. The molecule has 74 valence electrons. The number of hydrogen-bond acceptors (Lipinski definition) is 1. The monoisotopic (exact) mass is 187 g/mol. The first-order chi connectivity index (χ1) is 6.49. The Morgan fingerprint density at radius 3 is 2.57 bits per heavy atom. The molecule has 1 nitrogen and oxygen atoms in total. The molecule has 0 saturated heterocycles. The zero-order valence-electron chi connectivity index (χ0n) is 9.31. The summed E-state index contributed by atoms with van der Waals surface area (Å²) in [6.45, 7) is 8.71. The molecule has 0 bridgehead atoms. The van der Waals surface area contributed by atoms with Crippen LogP contribution in [0.25, 0.3) is 6.08 Å². The lowest BCUT2D eigenvalue weighted by molar-refractivity contribution is 0.709. The molecule has 14 heavy (non-hydrogen) atoms. The van der Waals surface area contributed by atoms with E-state index in [4.69, 9.17) is 0 Å². The molecule has 1 aliphatic rings. The molecule has 1 N–H and O–H groups in total. The van der Waals surface area contributed by atoms with Crippen LogP contribution in [0.2, 0.25) is 0 Å². The van der Waals surface area contributed by atoms with E-state index in [0.29, 0.717) is 0 Å². The SMILES string of the molecule is Cc1ccc2c(c1C)NC(C)(C)C=C2. The van der Waals surface area contributed by atoms with Crippen molar-refractivity contribution in [1.82, 2.24) is 0 Å². The zero-order valence-corrected chi connectivity index (χ0v) is 9.31. The molecular formula is C13H17N. The number of benzene rings is 1. The second kappa shape index (κ2) is 2.88. The second-order valence-corrected chi connectivity index (χ2v) is 4.65. The van der Waals surface area contributed by atoms with Gasteiger partial charge in [0, 0.05) is 5.69 Å². The lowest BCUT2D eigenvalue weighted by atomic mass is 9.93. The number of rotatable bonds is 0. The average molecular weight is 187 g/mol. The van der Waals surface area contributed by atoms with Gasteiger partial charge in [-0.15, -0.1) is 0 Å². The zero-order chi connectivity index (χ0) is 10.3. The Labute approximate surface area is 85.8 Å². The Morgan fingerprint density at radius 1 is 1.14 bits per heavy atom. The summed E-state index contributed by atoms with van der Waals surface area (Å²) in [7, 11) is 0. The van der Waals surface area contributed by atoms with Crippen LogP contribution in [0, 0.1) is 13.8 Å². The molecule has 1 heterocycles. The fourth-order valence-electron chi connectivity index (χ4n) is 1.80. The van der Waals surface area contributed by atoms with Gasteiger partial charge in [0.25, 0.3) is 0 Å². The first kappa shape index (κ1) is 9.32. The van der Waals surface area contributed by atoms with Gasteiger partial charge in [0.05, 0.1) is 5.54 Å². The Hall–Kier alpha value is -1.24. The van der Waals surface area contributed by atoms with Crippen molar-refractivity contribution in [3.63, 3.8) is 0 Å². The van der Waals surface area contributed by atoms with Crippen molar-refractivity contribution in [2.45, 2.75) is 33.2 Å². The summed E-state index contributed by atoms with van der Waals surface area (Å²) in [6.07, 6.45) is 4.42. The third kappa shape index (κ3) is 1.43. The largest absolute Gasteiger partial charge is 0.376 e. The molecule has 0 aromatic heterocycles. The predicted molar refractivity (Wildman–Crippen MR) is 62.7 cm³/mol. The van der Waals surface area contributed by atoms with Gasteiger partial charge >= 0.3 is 0 Å². The number of fused-ring (bicyclic) bond motifs is 1. The van der Waals surface area contributed by atoms with Crippen LogP contribution in [0.3, 0.4) is 0 Å². The molecular weight excluding hydrogens is 170 g/mol. The van der Waals surface area contributed by atoms with Crippen molar-refractivity contribution in [3.8, 4) is 0 Å². The standard InChI is InChI=1S/C13H17N/c1-9-5-6-11-7-8-13(3,4)14-12(11)10(9)2/h5-8,14H,1-4H3. The third-order valence-electron chi connectivity index (χ3n) is 2.89. The summed E-state index contributed by atoms with van der Waals surface area (Å²) in [5.41, 5.74) is 5.37. The fourth-order valence-corrected chi connectivity index (χ4v) is 1.80. The molecule has 1 heteroatoms. The second-order valence-electron chi connectivity index (χ2n) is 4.65. The summed E-state index contributed by atoms with van der Waals surface area (Å²) in [5.74, 6) is 0. The van der Waals surface area contributed by atoms with Crippen molar-refractivity contribution in [1.29, 1.82) is 0 Å². The topological polar surface area (TPSA) is 12.0 Å². The van der Waals surface area contributed by atoms with Gasteiger partial charge in [-0.05, 0) is 44.4 Å². The van der Waals surface area contributed by atoms with E-state index in [2.05, 4.69) is 57.3 Å². The molecule has 1 aliphatic heterocycles. The lowest BCUT2D eigenvalue weighted by Crippen LogP contribution is -2.30. The van der Waals surface area contributed by atoms with E-state index in [-0.39, 0.29) is 5.54 Å². The number of anilines is 1. The first-order valence-electron chi connectivity index (χ1n) is 5.07. The van der Waals surface area contributed by atoms with Crippen molar-refractivity contribution >= 4 is 11.8 Å². The van der Waals surface area contributed by atoms with E-state index < -0.39 is 0 Å². The Kier molecular flexibility index (Phi) is 1.91. The molecule has 1 aromatic carbocycles. The van der Waals surface area contributed by atoms with Gasteiger partial charge in [-0.2, -0.15) is 0 Å². The molecule has 0 spiro atoms. The van der Waals surface area contributed by atoms with Crippen LogP contribution in [0.4, 0.5) is 5.69 Å². The molecule has 1 aromatic rings. The maximum Gasteiger partial charge on any atom is 0.0503 e. The summed E-state index contributed by atoms with van der Waals surface area (Å²) < 4.78 is 0. The first-order valence-corrected chi connectivity index (χ1v) is 5.07. The minimum Gasteiger partial charge on any atom is -0.376 e. The highest BCUT2D eigenvalue weighted by molar-refractivity contribution is 5.75. The van der Waals surface area contributed by atoms with Gasteiger partial charge in [-0.3, -0.25) is 0 Å². The van der Waals surface area contributed by atoms with E-state index in [1.165, 1.54) is 22.4 Å². The Balaban J connectivity index is 2.58. The van der Waals surface area contributed by atoms with Crippen LogP contribution in [0.5, 0.6) is 0 Å². The van der Waals surface area contributed by atoms with E-state index in [1.54, 1.807) is 0 Å². The van der Waals surface area contributed by atoms with Crippen molar-refractivity contribution in [2.24, 2.45) is 0 Å². The number of aryl methyl sites for hydroxylation is 1. The van der Waals surface area contributed by atoms with E-state index in [1.807, 2.05) is 0 Å². The van der Waals surface area contributed by atoms with Crippen LogP contribution < -0.4 is 5.32 Å². The predicted octanol–water partition coefficient (Wildman–Crippen LogP) is 3.52. The average Bonchev–Trinajstić information content (AvgIpc) is 2.11. The minimum absolute atomic E-state index is 0.0750. The van der Waals surface area contributed by atoms with Gasteiger partial charge in [0.15, 0.2) is 0 Å². The molecule has 0 saturated carbocycles. The quantitative estimate of drug-likeness (QED) is 0.655. The van der Waals surface area contributed by atoms with Gasteiger partial charge in [-0.1, -0.05) is 24.3 Å². The van der Waals surface area contributed by atoms with Crippen molar-refractivity contribution in [2.75, 3.05) is 5.32 Å². The summed E-state index contributed by atoms with van der Waals surface area (Å²) in [5, 5.41) is 3.56. The number of hydrogen-bond donors (Lipinski definition) is 1. The highest BCUT2D eigenvalue weighted by Crippen LogP contribution is 2.32. The number of nitrogens with one attached hydrogen (secondary N) is 1. The highest BCUT2D eigenvalue weighted by atomic mass is 15.0. The molecule has 0 unspecified atom stereocenters. The van der Waals surface area contributed by atoms with Gasteiger partial charge in [-0.25, -0.2) is 0 Å². The van der Waals surface area contributed by atoms with Crippen molar-refractivity contribution < 1.29 is 0 Å². The summed E-state index contributed by atoms with van der Waals surface area (Å²) >= 11 is 0. The minimum atomic E-state index is 0.0750. The van der Waals surface area contributed by atoms with E-state index in [9.17, 15) is 0 Å². The molecule has 0 atom stereocenters. The summed E-state index contributed by atoms with van der Waals surface area (Å²) in [4.78, 5) is 0. The smallest absolute Gasteiger partial charge is 0.0503 e. The van der Waals surface area contributed by atoms with E-state index >= 15 is 0 Å². The lowest BCUT2D eigenvalue weighted by Gasteiger charge is -2.30. The molecule has 0 aliphatic carbocycles. The van der Waals surface area contributed by atoms with Crippen LogP contribution in [-0.4, -0.2) is 5.54 Å². The maximum atomic E-state index is 3.56.